The van der Waals surface area contributed by atoms with Gasteiger partial charge in [0.25, 0.3) is 0 Å². The van der Waals surface area contributed by atoms with Gasteiger partial charge < -0.3 is 4.57 Å². The highest BCUT2D eigenvalue weighted by Gasteiger charge is 2.21. The fourth-order valence-electron chi connectivity index (χ4n) is 3.52. The largest absolute Gasteiger partial charge is 0.315 e. The number of benzene rings is 2. The zero-order valence-corrected chi connectivity index (χ0v) is 13.2. The van der Waals surface area contributed by atoms with Crippen LogP contribution in [-0.2, 0) is 19.4 Å². The summed E-state index contributed by atoms with van der Waals surface area (Å²) in [6, 6.07) is 21.4. The van der Waals surface area contributed by atoms with Gasteiger partial charge in [-0.3, -0.25) is 0 Å². The molecule has 1 atom stereocenters. The number of fused-ring (bicyclic) bond motifs is 1. The second-order valence-electron chi connectivity index (χ2n) is 6.28. The highest BCUT2D eigenvalue weighted by molar-refractivity contribution is 5.22. The van der Waals surface area contributed by atoms with Gasteiger partial charge in [0.05, 0.1) is 0 Å². The molecule has 116 valence electrons. The van der Waals surface area contributed by atoms with Crippen LogP contribution in [0.5, 0.6) is 0 Å². The van der Waals surface area contributed by atoms with E-state index in [-0.39, 0.29) is 0 Å². The molecule has 3 nitrogen and oxygen atoms in total. The molecule has 2 aromatic carbocycles. The Morgan fingerprint density at radius 2 is 1.61 bits per heavy atom. The van der Waals surface area contributed by atoms with Gasteiger partial charge in [-0.15, -0.1) is 10.2 Å². The van der Waals surface area contributed by atoms with Crippen LogP contribution in [0.4, 0.5) is 0 Å². The van der Waals surface area contributed by atoms with Crippen LogP contribution in [0, 0.1) is 0 Å². The standard InChI is InChI=1S/C20H21N3/c1-3-7-16(8-4-1)15-20-22-21-19-12-11-18(13-14-23(19)20)17-9-5-2-6-10-17/h1-10,18H,11-15H2. The summed E-state index contributed by atoms with van der Waals surface area (Å²) in [5.41, 5.74) is 2.75. The molecular weight excluding hydrogens is 282 g/mol. The number of aryl methyl sites for hydroxylation is 1. The Balaban J connectivity index is 1.53. The molecule has 0 aliphatic carbocycles. The van der Waals surface area contributed by atoms with Crippen LogP contribution < -0.4 is 0 Å². The van der Waals surface area contributed by atoms with Crippen molar-refractivity contribution >= 4 is 0 Å². The van der Waals surface area contributed by atoms with Crippen molar-refractivity contribution in [3.8, 4) is 0 Å². The van der Waals surface area contributed by atoms with E-state index in [1.165, 1.54) is 11.1 Å². The normalized spacial score (nSPS) is 17.5. The highest BCUT2D eigenvalue weighted by Crippen LogP contribution is 2.29. The van der Waals surface area contributed by atoms with Crippen molar-refractivity contribution in [3.63, 3.8) is 0 Å². The van der Waals surface area contributed by atoms with E-state index in [0.29, 0.717) is 5.92 Å². The number of nitrogens with zero attached hydrogens (tertiary/aromatic N) is 3. The van der Waals surface area contributed by atoms with Gasteiger partial charge in [0, 0.05) is 19.4 Å². The van der Waals surface area contributed by atoms with Crippen molar-refractivity contribution < 1.29 is 0 Å². The lowest BCUT2D eigenvalue weighted by molar-refractivity contribution is 0.550. The molecule has 1 aromatic heterocycles. The van der Waals surface area contributed by atoms with Crippen molar-refractivity contribution in [2.45, 2.75) is 38.1 Å². The third kappa shape index (κ3) is 3.04. The van der Waals surface area contributed by atoms with Crippen LogP contribution in [0.1, 0.15) is 41.5 Å². The molecule has 3 heteroatoms. The molecule has 3 aromatic rings. The molecule has 4 rings (SSSR count). The van der Waals surface area contributed by atoms with Gasteiger partial charge in [-0.05, 0) is 29.9 Å². The lowest BCUT2D eigenvalue weighted by Gasteiger charge is -2.14. The predicted octanol–water partition coefficient (Wildman–Crippen LogP) is 3.99. The summed E-state index contributed by atoms with van der Waals surface area (Å²) in [6.07, 6.45) is 4.20. The summed E-state index contributed by atoms with van der Waals surface area (Å²) in [4.78, 5) is 0. The maximum atomic E-state index is 4.45. The van der Waals surface area contributed by atoms with E-state index in [1.807, 2.05) is 0 Å². The monoisotopic (exact) mass is 303 g/mol. The maximum Gasteiger partial charge on any atom is 0.137 e. The van der Waals surface area contributed by atoms with E-state index in [4.69, 9.17) is 0 Å². The first-order chi connectivity index (χ1) is 11.4. The summed E-state index contributed by atoms with van der Waals surface area (Å²) in [5.74, 6) is 2.87. The Morgan fingerprint density at radius 1 is 0.870 bits per heavy atom. The minimum Gasteiger partial charge on any atom is -0.315 e. The van der Waals surface area contributed by atoms with E-state index in [2.05, 4.69) is 75.4 Å². The van der Waals surface area contributed by atoms with Gasteiger partial charge in [0.2, 0.25) is 0 Å². The topological polar surface area (TPSA) is 30.7 Å². The summed E-state index contributed by atoms with van der Waals surface area (Å²) in [7, 11) is 0. The minimum absolute atomic E-state index is 0.627. The first kappa shape index (κ1) is 14.2. The lowest BCUT2D eigenvalue weighted by Crippen LogP contribution is -2.07. The van der Waals surface area contributed by atoms with Crippen LogP contribution in [0.2, 0.25) is 0 Å². The third-order valence-corrected chi connectivity index (χ3v) is 4.80. The zero-order valence-electron chi connectivity index (χ0n) is 13.2. The molecule has 0 bridgehead atoms. The molecule has 0 spiro atoms. The average molecular weight is 303 g/mol. The Kier molecular flexibility index (Phi) is 3.93. The predicted molar refractivity (Wildman–Crippen MR) is 91.4 cm³/mol. The van der Waals surface area contributed by atoms with Gasteiger partial charge in [0.1, 0.15) is 11.6 Å². The molecule has 0 amide bonds. The first-order valence-corrected chi connectivity index (χ1v) is 8.40. The van der Waals surface area contributed by atoms with E-state index >= 15 is 0 Å². The molecule has 2 heterocycles. The Hall–Kier alpha value is -2.42. The van der Waals surface area contributed by atoms with Crippen LogP contribution in [0.25, 0.3) is 0 Å². The second-order valence-corrected chi connectivity index (χ2v) is 6.28. The smallest absolute Gasteiger partial charge is 0.137 e. The van der Waals surface area contributed by atoms with Crippen LogP contribution >= 0.6 is 0 Å². The van der Waals surface area contributed by atoms with Gasteiger partial charge in [-0.1, -0.05) is 60.7 Å². The van der Waals surface area contributed by atoms with Crippen LogP contribution in [-0.4, -0.2) is 14.8 Å². The number of rotatable bonds is 3. The van der Waals surface area contributed by atoms with E-state index in [0.717, 1.165) is 43.9 Å². The third-order valence-electron chi connectivity index (χ3n) is 4.80. The van der Waals surface area contributed by atoms with Gasteiger partial charge in [-0.2, -0.15) is 0 Å². The Labute approximate surface area is 137 Å². The minimum atomic E-state index is 0.627. The number of hydrogen-bond acceptors (Lipinski definition) is 2. The van der Waals surface area contributed by atoms with Crippen molar-refractivity contribution in [2.24, 2.45) is 0 Å². The second kappa shape index (κ2) is 6.37. The maximum absolute atomic E-state index is 4.45. The van der Waals surface area contributed by atoms with Crippen molar-refractivity contribution in [1.82, 2.24) is 14.8 Å². The molecular formula is C20H21N3. The Morgan fingerprint density at radius 3 is 2.39 bits per heavy atom. The molecule has 0 radical (unpaired) electrons. The van der Waals surface area contributed by atoms with E-state index < -0.39 is 0 Å². The summed E-state index contributed by atoms with van der Waals surface area (Å²) < 4.78 is 2.34. The SMILES string of the molecule is c1ccc(Cc2nnc3n2CCC(c2ccccc2)CC3)cc1. The molecule has 0 saturated carbocycles. The molecule has 1 unspecified atom stereocenters. The van der Waals surface area contributed by atoms with Crippen LogP contribution in [0.3, 0.4) is 0 Å². The zero-order chi connectivity index (χ0) is 15.5. The summed E-state index contributed by atoms with van der Waals surface area (Å²) >= 11 is 0. The van der Waals surface area contributed by atoms with Crippen molar-refractivity contribution in [1.29, 1.82) is 0 Å². The highest BCUT2D eigenvalue weighted by atomic mass is 15.3. The van der Waals surface area contributed by atoms with E-state index in [9.17, 15) is 0 Å². The molecule has 0 fully saturated rings. The molecule has 1 aliphatic rings. The van der Waals surface area contributed by atoms with Gasteiger partial charge in [-0.25, -0.2) is 0 Å². The quantitative estimate of drug-likeness (QED) is 0.732. The van der Waals surface area contributed by atoms with E-state index in [1.54, 1.807) is 0 Å². The fraction of sp³-hybridized carbons (Fsp3) is 0.300. The van der Waals surface area contributed by atoms with Crippen molar-refractivity contribution in [3.05, 3.63) is 83.4 Å². The lowest BCUT2D eigenvalue weighted by atomic mass is 9.92. The Bertz CT molecular complexity index is 762. The van der Waals surface area contributed by atoms with Crippen molar-refractivity contribution in [2.75, 3.05) is 0 Å². The number of hydrogen-bond donors (Lipinski definition) is 0. The average Bonchev–Trinajstić information content (AvgIpc) is 2.86. The van der Waals surface area contributed by atoms with Crippen LogP contribution in [0.15, 0.2) is 60.7 Å². The summed E-state index contributed by atoms with van der Waals surface area (Å²) in [6.45, 7) is 1.02. The molecule has 0 saturated heterocycles. The molecule has 1 aliphatic heterocycles. The van der Waals surface area contributed by atoms with Gasteiger partial charge in [0.15, 0.2) is 0 Å². The first-order valence-electron chi connectivity index (χ1n) is 8.40. The summed E-state index contributed by atoms with van der Waals surface area (Å²) in [5, 5.41) is 8.90. The molecule has 0 N–H and O–H groups in total. The molecule has 23 heavy (non-hydrogen) atoms. The number of aromatic nitrogens is 3. The van der Waals surface area contributed by atoms with Gasteiger partial charge >= 0.3 is 0 Å². The fourth-order valence-corrected chi connectivity index (χ4v) is 3.52.